The van der Waals surface area contributed by atoms with Gasteiger partial charge in [-0.1, -0.05) is 12.1 Å². The van der Waals surface area contributed by atoms with Gasteiger partial charge in [0.25, 0.3) is 5.89 Å². The van der Waals surface area contributed by atoms with Crippen molar-refractivity contribution in [1.82, 2.24) is 14.9 Å². The summed E-state index contributed by atoms with van der Waals surface area (Å²) in [5, 5.41) is 7.86. The van der Waals surface area contributed by atoms with Crippen LogP contribution in [0.4, 0.5) is 0 Å². The average Bonchev–Trinajstić information content (AvgIpc) is 2.95. The second-order valence-corrected chi connectivity index (χ2v) is 6.34. The maximum atomic E-state index is 11.3. The molecule has 0 saturated carbocycles. The number of methoxy groups -OCH3 is 1. The number of sulfonamides is 1. The van der Waals surface area contributed by atoms with Crippen LogP contribution < -0.4 is 9.46 Å². The van der Waals surface area contributed by atoms with Crippen LogP contribution in [0, 0.1) is 0 Å². The zero-order chi connectivity index (χ0) is 15.3. The number of para-hydroxylation sites is 1. The number of nitrogens with one attached hydrogen (secondary N) is 1. The standard InChI is InChI=1S/C13H17N3O4S/c1-3-21(17,18)14-9-8-12-15-16-13(20-12)10-6-4-5-7-11(10)19-2/h4-7,14H,3,8-9H2,1-2H3. The van der Waals surface area contributed by atoms with Gasteiger partial charge in [0.2, 0.25) is 15.9 Å². The second kappa shape index (κ2) is 6.68. The molecule has 21 heavy (non-hydrogen) atoms. The van der Waals surface area contributed by atoms with Crippen molar-refractivity contribution in [1.29, 1.82) is 0 Å². The number of hydrogen-bond acceptors (Lipinski definition) is 6. The first kappa shape index (κ1) is 15.5. The van der Waals surface area contributed by atoms with Crippen LogP contribution in [0.2, 0.25) is 0 Å². The maximum Gasteiger partial charge on any atom is 0.251 e. The third-order valence-corrected chi connectivity index (χ3v) is 4.25. The first-order valence-electron chi connectivity index (χ1n) is 6.49. The van der Waals surface area contributed by atoms with Gasteiger partial charge in [-0.15, -0.1) is 10.2 Å². The van der Waals surface area contributed by atoms with Crippen LogP contribution in [0.15, 0.2) is 28.7 Å². The van der Waals surface area contributed by atoms with Crippen molar-refractivity contribution in [3.05, 3.63) is 30.2 Å². The van der Waals surface area contributed by atoms with E-state index in [-0.39, 0.29) is 12.3 Å². The van der Waals surface area contributed by atoms with Crippen molar-refractivity contribution >= 4 is 10.0 Å². The first-order chi connectivity index (χ1) is 10.1. The lowest BCUT2D eigenvalue weighted by molar-refractivity contribution is 0.413. The molecule has 0 spiro atoms. The molecule has 7 nitrogen and oxygen atoms in total. The molecule has 8 heteroatoms. The van der Waals surface area contributed by atoms with E-state index < -0.39 is 10.0 Å². The highest BCUT2D eigenvalue weighted by Crippen LogP contribution is 2.28. The van der Waals surface area contributed by atoms with Crippen LogP contribution in [0.3, 0.4) is 0 Å². The van der Waals surface area contributed by atoms with Gasteiger partial charge in [-0.25, -0.2) is 13.1 Å². The number of benzene rings is 1. The Labute approximate surface area is 123 Å². The predicted octanol–water partition coefficient (Wildman–Crippen LogP) is 1.23. The summed E-state index contributed by atoms with van der Waals surface area (Å²) in [5.74, 6) is 1.40. The Morgan fingerprint density at radius 1 is 1.29 bits per heavy atom. The zero-order valence-electron chi connectivity index (χ0n) is 11.9. The Morgan fingerprint density at radius 3 is 2.76 bits per heavy atom. The molecule has 0 bridgehead atoms. The molecule has 2 aromatic rings. The fraction of sp³-hybridized carbons (Fsp3) is 0.385. The molecule has 1 N–H and O–H groups in total. The maximum absolute atomic E-state index is 11.3. The smallest absolute Gasteiger partial charge is 0.251 e. The summed E-state index contributed by atoms with van der Waals surface area (Å²) in [7, 11) is -1.64. The first-order valence-corrected chi connectivity index (χ1v) is 8.14. The lowest BCUT2D eigenvalue weighted by Gasteiger charge is -2.03. The van der Waals surface area contributed by atoms with E-state index in [4.69, 9.17) is 9.15 Å². The van der Waals surface area contributed by atoms with E-state index in [1.165, 1.54) is 0 Å². The molecule has 0 aliphatic carbocycles. The van der Waals surface area contributed by atoms with E-state index in [2.05, 4.69) is 14.9 Å². The summed E-state index contributed by atoms with van der Waals surface area (Å²) in [6, 6.07) is 7.31. The summed E-state index contributed by atoms with van der Waals surface area (Å²) >= 11 is 0. The average molecular weight is 311 g/mol. The van der Waals surface area contributed by atoms with Crippen LogP contribution in [0.25, 0.3) is 11.5 Å². The minimum Gasteiger partial charge on any atom is -0.496 e. The van der Waals surface area contributed by atoms with Crippen LogP contribution in [-0.4, -0.2) is 38.0 Å². The molecule has 1 aromatic heterocycles. The van der Waals surface area contributed by atoms with Crippen LogP contribution in [0.1, 0.15) is 12.8 Å². The van der Waals surface area contributed by atoms with Gasteiger partial charge in [0.15, 0.2) is 0 Å². The third kappa shape index (κ3) is 4.02. The number of rotatable bonds is 7. The molecule has 1 heterocycles. The van der Waals surface area contributed by atoms with E-state index in [0.29, 0.717) is 29.5 Å². The van der Waals surface area contributed by atoms with Gasteiger partial charge in [-0.2, -0.15) is 0 Å². The Morgan fingerprint density at radius 2 is 2.05 bits per heavy atom. The van der Waals surface area contributed by atoms with Gasteiger partial charge >= 0.3 is 0 Å². The second-order valence-electron chi connectivity index (χ2n) is 4.25. The summed E-state index contributed by atoms with van der Waals surface area (Å²) in [5.41, 5.74) is 0.702. The third-order valence-electron chi connectivity index (χ3n) is 2.85. The Bertz CT molecular complexity index is 697. The predicted molar refractivity (Wildman–Crippen MR) is 77.5 cm³/mol. The lowest BCUT2D eigenvalue weighted by Crippen LogP contribution is -2.27. The Balaban J connectivity index is 2.05. The number of nitrogens with zero attached hydrogens (tertiary/aromatic N) is 2. The van der Waals surface area contributed by atoms with Gasteiger partial charge in [0.1, 0.15) is 5.75 Å². The van der Waals surface area contributed by atoms with Crippen molar-refractivity contribution in [2.45, 2.75) is 13.3 Å². The van der Waals surface area contributed by atoms with Crippen LogP contribution >= 0.6 is 0 Å². The zero-order valence-corrected chi connectivity index (χ0v) is 12.7. The highest BCUT2D eigenvalue weighted by Gasteiger charge is 2.13. The van der Waals surface area contributed by atoms with E-state index in [0.717, 1.165) is 0 Å². The number of hydrogen-bond donors (Lipinski definition) is 1. The van der Waals surface area contributed by atoms with E-state index in [9.17, 15) is 8.42 Å². The molecule has 0 atom stereocenters. The minimum atomic E-state index is -3.21. The van der Waals surface area contributed by atoms with Gasteiger partial charge in [-0.05, 0) is 19.1 Å². The van der Waals surface area contributed by atoms with Gasteiger partial charge in [-0.3, -0.25) is 0 Å². The largest absolute Gasteiger partial charge is 0.496 e. The summed E-state index contributed by atoms with van der Waals surface area (Å²) < 4.78 is 35.8. The van der Waals surface area contributed by atoms with E-state index in [1.54, 1.807) is 20.1 Å². The Kier molecular flexibility index (Phi) is 4.92. The Hall–Kier alpha value is -1.93. The fourth-order valence-electron chi connectivity index (χ4n) is 1.70. The number of aromatic nitrogens is 2. The van der Waals surface area contributed by atoms with Crippen LogP contribution in [0.5, 0.6) is 5.75 Å². The molecule has 2 rings (SSSR count). The van der Waals surface area contributed by atoms with Crippen molar-refractivity contribution in [2.24, 2.45) is 0 Å². The summed E-state index contributed by atoms with van der Waals surface area (Å²) in [6.07, 6.45) is 0.335. The van der Waals surface area contributed by atoms with Crippen molar-refractivity contribution in [3.8, 4) is 17.2 Å². The molecule has 0 aliphatic heterocycles. The molecule has 1 aromatic carbocycles. The molecule has 0 radical (unpaired) electrons. The van der Waals surface area contributed by atoms with Crippen molar-refractivity contribution in [3.63, 3.8) is 0 Å². The van der Waals surface area contributed by atoms with Gasteiger partial charge < -0.3 is 9.15 Å². The van der Waals surface area contributed by atoms with E-state index in [1.807, 2.05) is 18.2 Å². The molecule has 0 saturated heterocycles. The molecule has 0 amide bonds. The minimum absolute atomic E-state index is 0.0449. The van der Waals surface area contributed by atoms with Crippen LogP contribution in [-0.2, 0) is 16.4 Å². The topological polar surface area (TPSA) is 94.3 Å². The highest BCUT2D eigenvalue weighted by atomic mass is 32.2. The van der Waals surface area contributed by atoms with Crippen molar-refractivity contribution < 1.29 is 17.6 Å². The molecular weight excluding hydrogens is 294 g/mol. The van der Waals surface area contributed by atoms with Gasteiger partial charge in [0.05, 0.1) is 18.4 Å². The SMILES string of the molecule is CCS(=O)(=O)NCCc1nnc(-c2ccccc2OC)o1. The summed E-state index contributed by atoms with van der Waals surface area (Å²) in [4.78, 5) is 0. The molecule has 0 unspecified atom stereocenters. The normalized spacial score (nSPS) is 11.5. The van der Waals surface area contributed by atoms with Crippen molar-refractivity contribution in [2.75, 3.05) is 19.4 Å². The van der Waals surface area contributed by atoms with Gasteiger partial charge in [0, 0.05) is 13.0 Å². The monoisotopic (exact) mass is 311 g/mol. The molecule has 114 valence electrons. The quantitative estimate of drug-likeness (QED) is 0.826. The molecular formula is C13H17N3O4S. The lowest BCUT2D eigenvalue weighted by atomic mass is 10.2. The molecule has 0 fully saturated rings. The fourth-order valence-corrected chi connectivity index (χ4v) is 2.32. The number of ether oxygens (including phenoxy) is 1. The molecule has 0 aliphatic rings. The highest BCUT2D eigenvalue weighted by molar-refractivity contribution is 7.89. The van der Waals surface area contributed by atoms with E-state index >= 15 is 0 Å². The summed E-state index contributed by atoms with van der Waals surface area (Å²) in [6.45, 7) is 1.80.